The number of hydrogen-bond acceptors (Lipinski definition) is 3. The maximum absolute atomic E-state index is 11.8. The monoisotopic (exact) mass is 241 g/mol. The molecule has 0 aliphatic rings. The highest BCUT2D eigenvalue weighted by atomic mass is 16.2. The topological polar surface area (TPSA) is 75.6 Å². The van der Waals surface area contributed by atoms with Gasteiger partial charge in [-0.25, -0.2) is 0 Å². The highest BCUT2D eigenvalue weighted by Gasteiger charge is 2.04. The summed E-state index contributed by atoms with van der Waals surface area (Å²) in [6.07, 6.45) is 5.13. The third-order valence-corrected chi connectivity index (χ3v) is 2.59. The van der Waals surface area contributed by atoms with Crippen molar-refractivity contribution in [2.24, 2.45) is 0 Å². The Labute approximate surface area is 103 Å². The number of H-pyrrole nitrogens is 1. The van der Waals surface area contributed by atoms with Gasteiger partial charge >= 0.3 is 0 Å². The van der Waals surface area contributed by atoms with Gasteiger partial charge in [-0.2, -0.15) is 10.2 Å². The molecule has 0 saturated carbocycles. The van der Waals surface area contributed by atoms with Gasteiger partial charge in [-0.3, -0.25) is 14.6 Å². The molecular weight excluding hydrogens is 230 g/mol. The van der Waals surface area contributed by atoms with E-state index in [9.17, 15) is 4.79 Å². The molecule has 6 heteroatoms. The van der Waals surface area contributed by atoms with Gasteiger partial charge in [0.2, 0.25) is 5.91 Å². The first-order chi connectivity index (χ1) is 8.81. The Bertz CT molecular complexity index is 671. The lowest BCUT2D eigenvalue weighted by Crippen LogP contribution is -2.18. The maximum Gasteiger partial charge on any atom is 0.246 e. The van der Waals surface area contributed by atoms with Gasteiger partial charge in [-0.1, -0.05) is 0 Å². The zero-order chi connectivity index (χ0) is 12.4. The number of amides is 1. The van der Waals surface area contributed by atoms with Gasteiger partial charge in [0.05, 0.1) is 11.7 Å². The Kier molecular flexibility index (Phi) is 2.53. The molecule has 3 rings (SSSR count). The standard InChI is InChI=1S/C12H11N5O/c18-12(8-17-5-1-4-14-17)15-10-3-2-9-7-13-16-11(9)6-10/h1-7H,8H2,(H,13,16)(H,15,18). The van der Waals surface area contributed by atoms with Crippen molar-refractivity contribution >= 4 is 22.5 Å². The molecule has 1 aromatic carbocycles. The zero-order valence-corrected chi connectivity index (χ0v) is 9.50. The average molecular weight is 241 g/mol. The maximum atomic E-state index is 11.8. The SMILES string of the molecule is O=C(Cn1cccn1)Nc1ccc2cn[nH]c2c1. The van der Waals surface area contributed by atoms with Gasteiger partial charge in [0.25, 0.3) is 0 Å². The molecule has 0 bridgehead atoms. The van der Waals surface area contributed by atoms with Crippen molar-refractivity contribution in [3.63, 3.8) is 0 Å². The van der Waals surface area contributed by atoms with Crippen LogP contribution < -0.4 is 5.32 Å². The number of benzene rings is 1. The van der Waals surface area contributed by atoms with E-state index in [4.69, 9.17) is 0 Å². The summed E-state index contributed by atoms with van der Waals surface area (Å²) in [5, 5.41) is 14.6. The van der Waals surface area contributed by atoms with Crippen molar-refractivity contribution < 1.29 is 4.79 Å². The number of carbonyl (C=O) groups excluding carboxylic acids is 1. The second kappa shape index (κ2) is 4.33. The van der Waals surface area contributed by atoms with Crippen molar-refractivity contribution in [2.45, 2.75) is 6.54 Å². The predicted octanol–water partition coefficient (Wildman–Crippen LogP) is 1.40. The molecule has 2 N–H and O–H groups in total. The summed E-state index contributed by atoms with van der Waals surface area (Å²) >= 11 is 0. The lowest BCUT2D eigenvalue weighted by Gasteiger charge is -2.05. The van der Waals surface area contributed by atoms with Gasteiger partial charge in [0.15, 0.2) is 0 Å². The van der Waals surface area contributed by atoms with Crippen LogP contribution in [0.5, 0.6) is 0 Å². The number of nitrogens with zero attached hydrogens (tertiary/aromatic N) is 3. The quantitative estimate of drug-likeness (QED) is 0.727. The summed E-state index contributed by atoms with van der Waals surface area (Å²) in [7, 11) is 0. The number of rotatable bonds is 3. The number of nitrogens with one attached hydrogen (secondary N) is 2. The van der Waals surface area contributed by atoms with Crippen molar-refractivity contribution in [3.05, 3.63) is 42.9 Å². The second-order valence-corrected chi connectivity index (χ2v) is 3.92. The molecular formula is C12H11N5O. The van der Waals surface area contributed by atoms with Crippen LogP contribution in [0.4, 0.5) is 5.69 Å². The largest absolute Gasteiger partial charge is 0.324 e. The zero-order valence-electron chi connectivity index (χ0n) is 9.50. The van der Waals surface area contributed by atoms with Crippen molar-refractivity contribution in [3.8, 4) is 0 Å². The Morgan fingerprint density at radius 3 is 3.22 bits per heavy atom. The van der Waals surface area contributed by atoms with Crippen LogP contribution in [0.25, 0.3) is 10.9 Å². The normalized spacial score (nSPS) is 10.7. The minimum absolute atomic E-state index is 0.113. The summed E-state index contributed by atoms with van der Waals surface area (Å²) in [6, 6.07) is 7.38. The van der Waals surface area contributed by atoms with Crippen LogP contribution >= 0.6 is 0 Å². The fraction of sp³-hybridized carbons (Fsp3) is 0.0833. The molecule has 18 heavy (non-hydrogen) atoms. The summed E-state index contributed by atoms with van der Waals surface area (Å²) < 4.78 is 1.57. The van der Waals surface area contributed by atoms with Gasteiger partial charge in [0.1, 0.15) is 6.54 Å². The third-order valence-electron chi connectivity index (χ3n) is 2.59. The molecule has 0 aliphatic heterocycles. The number of hydrogen-bond donors (Lipinski definition) is 2. The number of anilines is 1. The third kappa shape index (κ3) is 2.08. The van der Waals surface area contributed by atoms with Gasteiger partial charge in [0, 0.05) is 23.5 Å². The Morgan fingerprint density at radius 2 is 2.39 bits per heavy atom. The number of fused-ring (bicyclic) bond motifs is 1. The van der Waals surface area contributed by atoms with E-state index in [1.54, 1.807) is 29.3 Å². The van der Waals surface area contributed by atoms with Crippen LogP contribution in [0.2, 0.25) is 0 Å². The lowest BCUT2D eigenvalue weighted by atomic mass is 10.2. The van der Waals surface area contributed by atoms with Gasteiger partial charge < -0.3 is 5.32 Å². The van der Waals surface area contributed by atoms with Crippen molar-refractivity contribution in [2.75, 3.05) is 5.32 Å². The van der Waals surface area contributed by atoms with Crippen LogP contribution in [0.1, 0.15) is 0 Å². The first-order valence-corrected chi connectivity index (χ1v) is 5.52. The van der Waals surface area contributed by atoms with Crippen molar-refractivity contribution in [1.29, 1.82) is 0 Å². The van der Waals surface area contributed by atoms with Crippen LogP contribution in [-0.4, -0.2) is 25.9 Å². The Morgan fingerprint density at radius 1 is 1.44 bits per heavy atom. The van der Waals surface area contributed by atoms with Crippen LogP contribution in [0.3, 0.4) is 0 Å². The highest BCUT2D eigenvalue weighted by Crippen LogP contribution is 2.16. The first kappa shape index (κ1) is 10.5. The fourth-order valence-corrected chi connectivity index (χ4v) is 1.76. The summed E-state index contributed by atoms with van der Waals surface area (Å²) in [6.45, 7) is 0.202. The molecule has 0 spiro atoms. The summed E-state index contributed by atoms with van der Waals surface area (Å²) in [5.41, 5.74) is 1.63. The van der Waals surface area contributed by atoms with Crippen LogP contribution in [0.15, 0.2) is 42.9 Å². The molecule has 0 saturated heterocycles. The molecule has 2 heterocycles. The Hall–Kier alpha value is -2.63. The lowest BCUT2D eigenvalue weighted by molar-refractivity contribution is -0.116. The molecule has 3 aromatic rings. The van der Waals surface area contributed by atoms with Crippen molar-refractivity contribution in [1.82, 2.24) is 20.0 Å². The average Bonchev–Trinajstić information content (AvgIpc) is 2.98. The molecule has 2 aromatic heterocycles. The predicted molar refractivity (Wildman–Crippen MR) is 67.0 cm³/mol. The molecule has 6 nitrogen and oxygen atoms in total. The summed E-state index contributed by atoms with van der Waals surface area (Å²) in [5.74, 6) is -0.113. The van der Waals surface area contributed by atoms with E-state index in [2.05, 4.69) is 20.6 Å². The summed E-state index contributed by atoms with van der Waals surface area (Å²) in [4.78, 5) is 11.8. The minimum Gasteiger partial charge on any atom is -0.324 e. The number of aromatic nitrogens is 4. The second-order valence-electron chi connectivity index (χ2n) is 3.92. The van der Waals surface area contributed by atoms with Crippen LogP contribution in [0, 0.1) is 0 Å². The van der Waals surface area contributed by atoms with E-state index in [1.807, 2.05) is 18.2 Å². The fourth-order valence-electron chi connectivity index (χ4n) is 1.76. The van der Waals surface area contributed by atoms with E-state index in [1.165, 1.54) is 0 Å². The molecule has 0 radical (unpaired) electrons. The number of aromatic amines is 1. The van der Waals surface area contributed by atoms with E-state index in [0.29, 0.717) is 0 Å². The van der Waals surface area contributed by atoms with Crippen LogP contribution in [-0.2, 0) is 11.3 Å². The van der Waals surface area contributed by atoms with Gasteiger partial charge in [-0.05, 0) is 24.3 Å². The minimum atomic E-state index is -0.113. The smallest absolute Gasteiger partial charge is 0.246 e. The Balaban J connectivity index is 1.73. The van der Waals surface area contributed by atoms with E-state index in [-0.39, 0.29) is 12.5 Å². The molecule has 1 amide bonds. The molecule has 0 atom stereocenters. The molecule has 0 aliphatic carbocycles. The number of carbonyl (C=O) groups is 1. The highest BCUT2D eigenvalue weighted by molar-refractivity contribution is 5.93. The first-order valence-electron chi connectivity index (χ1n) is 5.52. The molecule has 0 fully saturated rings. The molecule has 90 valence electrons. The van der Waals surface area contributed by atoms with E-state index < -0.39 is 0 Å². The molecule has 0 unspecified atom stereocenters. The van der Waals surface area contributed by atoms with Gasteiger partial charge in [-0.15, -0.1) is 0 Å². The van der Waals surface area contributed by atoms with E-state index >= 15 is 0 Å². The van der Waals surface area contributed by atoms with E-state index in [0.717, 1.165) is 16.6 Å².